The van der Waals surface area contributed by atoms with Crippen LogP contribution in [0.25, 0.3) is 0 Å². The minimum absolute atomic E-state index is 0.0343. The Bertz CT molecular complexity index is 613. The van der Waals surface area contributed by atoms with Gasteiger partial charge in [0, 0.05) is 16.3 Å². The van der Waals surface area contributed by atoms with E-state index in [9.17, 15) is 4.79 Å². The number of anilines is 1. The molecule has 2 rings (SSSR count). The number of aromatic carboxylic acids is 1. The number of benzene rings is 2. The van der Waals surface area contributed by atoms with Gasteiger partial charge in [-0.05, 0) is 24.3 Å². The van der Waals surface area contributed by atoms with Gasteiger partial charge >= 0.3 is 5.97 Å². The van der Waals surface area contributed by atoms with E-state index in [0.717, 1.165) is 5.56 Å². The normalized spacial score (nSPS) is 10.2. The first kappa shape index (κ1) is 13.2. The molecule has 0 fully saturated rings. The fourth-order valence-electron chi connectivity index (χ4n) is 1.61. The standard InChI is InChI=1S/C14H12ClNO3/c15-12-4-2-1-3-9(12)8-19-13-6-5-10(16)7-11(13)14(17)18/h1-7H,8,16H2,(H,17,18). The van der Waals surface area contributed by atoms with Gasteiger partial charge in [0.25, 0.3) is 0 Å². The molecular weight excluding hydrogens is 266 g/mol. The van der Waals surface area contributed by atoms with Crippen molar-refractivity contribution in [2.75, 3.05) is 5.73 Å². The van der Waals surface area contributed by atoms with E-state index in [0.29, 0.717) is 10.7 Å². The van der Waals surface area contributed by atoms with Crippen molar-refractivity contribution in [1.29, 1.82) is 0 Å². The summed E-state index contributed by atoms with van der Waals surface area (Å²) in [5.74, 6) is -0.817. The lowest BCUT2D eigenvalue weighted by Gasteiger charge is -2.10. The zero-order valence-electron chi connectivity index (χ0n) is 9.97. The highest BCUT2D eigenvalue weighted by molar-refractivity contribution is 6.31. The molecule has 19 heavy (non-hydrogen) atoms. The Balaban J connectivity index is 2.20. The predicted molar refractivity (Wildman–Crippen MR) is 73.6 cm³/mol. The van der Waals surface area contributed by atoms with Crippen molar-refractivity contribution in [3.63, 3.8) is 0 Å². The second kappa shape index (κ2) is 5.63. The first-order valence-electron chi connectivity index (χ1n) is 5.57. The molecule has 0 atom stereocenters. The average Bonchev–Trinajstić information content (AvgIpc) is 2.38. The first-order valence-corrected chi connectivity index (χ1v) is 5.95. The van der Waals surface area contributed by atoms with Crippen molar-refractivity contribution in [3.8, 4) is 5.75 Å². The maximum absolute atomic E-state index is 11.1. The molecule has 0 aliphatic carbocycles. The summed E-state index contributed by atoms with van der Waals surface area (Å²) in [6.45, 7) is 0.198. The zero-order valence-corrected chi connectivity index (χ0v) is 10.7. The van der Waals surface area contributed by atoms with Gasteiger partial charge in [0.1, 0.15) is 17.9 Å². The van der Waals surface area contributed by atoms with E-state index in [2.05, 4.69) is 0 Å². The molecular formula is C14H12ClNO3. The second-order valence-corrected chi connectivity index (χ2v) is 4.35. The van der Waals surface area contributed by atoms with Crippen LogP contribution in [-0.2, 0) is 6.61 Å². The molecule has 0 aliphatic heterocycles. The molecule has 4 nitrogen and oxygen atoms in total. The minimum Gasteiger partial charge on any atom is -0.488 e. The summed E-state index contributed by atoms with van der Waals surface area (Å²) in [7, 11) is 0. The summed E-state index contributed by atoms with van der Waals surface area (Å²) in [5.41, 5.74) is 6.76. The van der Waals surface area contributed by atoms with Crippen molar-refractivity contribution in [2.45, 2.75) is 6.61 Å². The van der Waals surface area contributed by atoms with Gasteiger partial charge in [-0.1, -0.05) is 29.8 Å². The van der Waals surface area contributed by atoms with Gasteiger partial charge < -0.3 is 15.6 Å². The molecule has 0 spiro atoms. The van der Waals surface area contributed by atoms with Crippen molar-refractivity contribution < 1.29 is 14.6 Å². The largest absolute Gasteiger partial charge is 0.488 e. The molecule has 0 saturated heterocycles. The van der Waals surface area contributed by atoms with E-state index < -0.39 is 5.97 Å². The molecule has 5 heteroatoms. The summed E-state index contributed by atoms with van der Waals surface area (Å²) >= 11 is 6.00. The Hall–Kier alpha value is -2.20. The fourth-order valence-corrected chi connectivity index (χ4v) is 1.80. The Morgan fingerprint density at radius 3 is 2.68 bits per heavy atom. The molecule has 0 aliphatic rings. The van der Waals surface area contributed by atoms with Crippen LogP contribution in [0.3, 0.4) is 0 Å². The highest BCUT2D eigenvalue weighted by Gasteiger charge is 2.12. The van der Waals surface area contributed by atoms with Crippen LogP contribution in [0.2, 0.25) is 5.02 Å². The van der Waals surface area contributed by atoms with Crippen molar-refractivity contribution >= 4 is 23.3 Å². The third-order valence-corrected chi connectivity index (χ3v) is 2.94. The summed E-state index contributed by atoms with van der Waals surface area (Å²) in [6.07, 6.45) is 0. The molecule has 2 aromatic rings. The lowest BCUT2D eigenvalue weighted by molar-refractivity contribution is 0.0692. The maximum Gasteiger partial charge on any atom is 0.339 e. The Labute approximate surface area is 115 Å². The Morgan fingerprint density at radius 2 is 2.00 bits per heavy atom. The number of nitrogens with two attached hydrogens (primary N) is 1. The number of hydrogen-bond acceptors (Lipinski definition) is 3. The van der Waals surface area contributed by atoms with E-state index in [-0.39, 0.29) is 17.9 Å². The molecule has 0 heterocycles. The summed E-state index contributed by atoms with van der Waals surface area (Å²) in [6, 6.07) is 11.7. The highest BCUT2D eigenvalue weighted by Crippen LogP contribution is 2.24. The van der Waals surface area contributed by atoms with Gasteiger partial charge in [-0.2, -0.15) is 0 Å². The third-order valence-electron chi connectivity index (χ3n) is 2.58. The van der Waals surface area contributed by atoms with Crippen LogP contribution < -0.4 is 10.5 Å². The first-order chi connectivity index (χ1) is 9.08. The molecule has 3 N–H and O–H groups in total. The number of ether oxygens (including phenoxy) is 1. The van der Waals surface area contributed by atoms with Crippen LogP contribution >= 0.6 is 11.6 Å². The summed E-state index contributed by atoms with van der Waals surface area (Å²) < 4.78 is 5.50. The summed E-state index contributed by atoms with van der Waals surface area (Å²) in [4.78, 5) is 11.1. The van der Waals surface area contributed by atoms with Crippen LogP contribution in [0.5, 0.6) is 5.75 Å². The highest BCUT2D eigenvalue weighted by atomic mass is 35.5. The molecule has 0 amide bonds. The molecule has 0 saturated carbocycles. The van der Waals surface area contributed by atoms with Crippen LogP contribution in [0.15, 0.2) is 42.5 Å². The van der Waals surface area contributed by atoms with Crippen LogP contribution in [0, 0.1) is 0 Å². The van der Waals surface area contributed by atoms with Crippen LogP contribution in [0.4, 0.5) is 5.69 Å². The topological polar surface area (TPSA) is 72.5 Å². The SMILES string of the molecule is Nc1ccc(OCc2ccccc2Cl)c(C(=O)O)c1. The van der Waals surface area contributed by atoms with Gasteiger partial charge in [0.2, 0.25) is 0 Å². The number of carboxylic acid groups (broad SMARTS) is 1. The molecule has 0 radical (unpaired) electrons. The second-order valence-electron chi connectivity index (χ2n) is 3.94. The van der Waals surface area contributed by atoms with Gasteiger partial charge in [-0.25, -0.2) is 4.79 Å². The number of carboxylic acids is 1. The van der Waals surface area contributed by atoms with E-state index in [1.54, 1.807) is 12.1 Å². The monoisotopic (exact) mass is 277 g/mol. The zero-order chi connectivity index (χ0) is 13.8. The Kier molecular flexibility index (Phi) is 3.92. The van der Waals surface area contributed by atoms with Crippen LogP contribution in [0.1, 0.15) is 15.9 Å². The number of halogens is 1. The van der Waals surface area contributed by atoms with Gasteiger partial charge in [0.15, 0.2) is 0 Å². The van der Waals surface area contributed by atoms with Gasteiger partial charge in [-0.3, -0.25) is 0 Å². The van der Waals surface area contributed by atoms with E-state index in [4.69, 9.17) is 27.2 Å². The quantitative estimate of drug-likeness (QED) is 0.842. The van der Waals surface area contributed by atoms with Crippen molar-refractivity contribution in [1.82, 2.24) is 0 Å². The molecule has 0 bridgehead atoms. The predicted octanol–water partition coefficient (Wildman–Crippen LogP) is 3.20. The van der Waals surface area contributed by atoms with Crippen molar-refractivity contribution in [2.24, 2.45) is 0 Å². The molecule has 0 unspecified atom stereocenters. The lowest BCUT2D eigenvalue weighted by Crippen LogP contribution is -2.04. The average molecular weight is 278 g/mol. The van der Waals surface area contributed by atoms with E-state index >= 15 is 0 Å². The number of hydrogen-bond donors (Lipinski definition) is 2. The smallest absolute Gasteiger partial charge is 0.339 e. The molecule has 0 aromatic heterocycles. The summed E-state index contributed by atoms with van der Waals surface area (Å²) in [5, 5.41) is 9.66. The molecule has 98 valence electrons. The third kappa shape index (κ3) is 3.17. The van der Waals surface area contributed by atoms with E-state index in [1.165, 1.54) is 12.1 Å². The van der Waals surface area contributed by atoms with Crippen LogP contribution in [-0.4, -0.2) is 11.1 Å². The van der Waals surface area contributed by atoms with E-state index in [1.807, 2.05) is 18.2 Å². The Morgan fingerprint density at radius 1 is 1.26 bits per heavy atom. The van der Waals surface area contributed by atoms with Crippen molar-refractivity contribution in [3.05, 3.63) is 58.6 Å². The van der Waals surface area contributed by atoms with Gasteiger partial charge in [-0.15, -0.1) is 0 Å². The maximum atomic E-state index is 11.1. The lowest BCUT2D eigenvalue weighted by atomic mass is 10.2. The number of nitrogen functional groups attached to an aromatic ring is 1. The van der Waals surface area contributed by atoms with Gasteiger partial charge in [0.05, 0.1) is 0 Å². The number of carbonyl (C=O) groups is 1. The minimum atomic E-state index is -1.08. The number of rotatable bonds is 4. The molecule has 2 aromatic carbocycles. The fraction of sp³-hybridized carbons (Fsp3) is 0.0714.